The number of carbonyl (C=O) groups is 2. The minimum atomic E-state index is -0.548. The van der Waals surface area contributed by atoms with E-state index in [2.05, 4.69) is 17.6 Å². The molecule has 0 aliphatic heterocycles. The third-order valence-electron chi connectivity index (χ3n) is 4.65. The Bertz CT molecular complexity index is 505. The summed E-state index contributed by atoms with van der Waals surface area (Å²) in [5.41, 5.74) is 2.27. The maximum atomic E-state index is 11.8. The topological polar surface area (TPSA) is 58.2 Å². The lowest BCUT2D eigenvalue weighted by Gasteiger charge is -2.21. The molecule has 0 aromatic heterocycles. The van der Waals surface area contributed by atoms with Crippen LogP contribution in [-0.2, 0) is 22.6 Å². The van der Waals surface area contributed by atoms with Crippen LogP contribution in [0.5, 0.6) is 0 Å². The second-order valence-corrected chi connectivity index (χ2v) is 6.40. The Morgan fingerprint density at radius 2 is 1.57 bits per heavy atom. The lowest BCUT2D eigenvalue weighted by molar-refractivity contribution is -0.139. The van der Waals surface area contributed by atoms with Crippen LogP contribution in [0.1, 0.15) is 56.6 Å². The standard InChI is InChI=1S/C19H28N2O2/c1-2-15-8-10-17(11-9-15)14-21-19(23)18(22)20-13-12-16-6-4-3-5-7-16/h8-11,16H,2-7,12-14H2,1H3,(H,20,22)(H,21,23). The zero-order chi connectivity index (χ0) is 16.5. The summed E-state index contributed by atoms with van der Waals surface area (Å²) in [5.74, 6) is -0.358. The fourth-order valence-electron chi connectivity index (χ4n) is 3.10. The van der Waals surface area contributed by atoms with Crippen molar-refractivity contribution in [3.05, 3.63) is 35.4 Å². The highest BCUT2D eigenvalue weighted by Crippen LogP contribution is 2.25. The largest absolute Gasteiger partial charge is 0.348 e. The van der Waals surface area contributed by atoms with Gasteiger partial charge in [-0.2, -0.15) is 0 Å². The van der Waals surface area contributed by atoms with Crippen molar-refractivity contribution in [2.45, 2.75) is 58.4 Å². The summed E-state index contributed by atoms with van der Waals surface area (Å²) in [7, 11) is 0. The molecule has 0 bridgehead atoms. The van der Waals surface area contributed by atoms with Crippen molar-refractivity contribution < 1.29 is 9.59 Å². The van der Waals surface area contributed by atoms with Crippen molar-refractivity contribution in [1.82, 2.24) is 10.6 Å². The molecule has 1 aliphatic rings. The molecule has 0 atom stereocenters. The molecule has 4 heteroatoms. The Hall–Kier alpha value is -1.84. The molecular weight excluding hydrogens is 288 g/mol. The number of aryl methyl sites for hydroxylation is 1. The van der Waals surface area contributed by atoms with Crippen LogP contribution in [0.25, 0.3) is 0 Å². The van der Waals surface area contributed by atoms with Crippen molar-refractivity contribution in [2.75, 3.05) is 6.54 Å². The highest BCUT2D eigenvalue weighted by Gasteiger charge is 2.16. The summed E-state index contributed by atoms with van der Waals surface area (Å²) in [6, 6.07) is 8.07. The van der Waals surface area contributed by atoms with E-state index >= 15 is 0 Å². The van der Waals surface area contributed by atoms with E-state index < -0.39 is 11.8 Å². The SMILES string of the molecule is CCc1ccc(CNC(=O)C(=O)NCCC2CCCCC2)cc1. The monoisotopic (exact) mass is 316 g/mol. The molecule has 1 aromatic rings. The Morgan fingerprint density at radius 1 is 0.957 bits per heavy atom. The molecule has 1 aromatic carbocycles. The average Bonchev–Trinajstić information content (AvgIpc) is 2.61. The molecule has 1 aliphatic carbocycles. The number of benzene rings is 1. The Balaban J connectivity index is 1.64. The number of nitrogens with one attached hydrogen (secondary N) is 2. The summed E-state index contributed by atoms with van der Waals surface area (Å²) in [4.78, 5) is 23.6. The van der Waals surface area contributed by atoms with Crippen molar-refractivity contribution in [3.8, 4) is 0 Å². The molecule has 1 saturated carbocycles. The van der Waals surface area contributed by atoms with Crippen LogP contribution in [0, 0.1) is 5.92 Å². The molecule has 2 rings (SSSR count). The third kappa shape index (κ3) is 6.05. The fraction of sp³-hybridized carbons (Fsp3) is 0.579. The normalized spacial score (nSPS) is 15.2. The predicted octanol–water partition coefficient (Wildman–Crippen LogP) is 2.95. The van der Waals surface area contributed by atoms with Crippen LogP contribution in [0.3, 0.4) is 0 Å². The molecule has 2 amide bonds. The molecule has 0 radical (unpaired) electrons. The van der Waals surface area contributed by atoms with Crippen molar-refractivity contribution in [2.24, 2.45) is 5.92 Å². The van der Waals surface area contributed by atoms with Gasteiger partial charge in [0.05, 0.1) is 0 Å². The van der Waals surface area contributed by atoms with Gasteiger partial charge in [0.2, 0.25) is 0 Å². The molecular formula is C19H28N2O2. The highest BCUT2D eigenvalue weighted by molar-refractivity contribution is 6.35. The van der Waals surface area contributed by atoms with Crippen LogP contribution >= 0.6 is 0 Å². The Kier molecular flexibility index (Phi) is 7.11. The van der Waals surface area contributed by atoms with Crippen LogP contribution in [0.2, 0.25) is 0 Å². The van der Waals surface area contributed by atoms with Crippen LogP contribution in [-0.4, -0.2) is 18.4 Å². The lowest BCUT2D eigenvalue weighted by atomic mass is 9.87. The molecule has 1 fully saturated rings. The van der Waals surface area contributed by atoms with Crippen molar-refractivity contribution in [1.29, 1.82) is 0 Å². The first kappa shape index (κ1) is 17.5. The van der Waals surface area contributed by atoms with E-state index in [1.807, 2.05) is 24.3 Å². The highest BCUT2D eigenvalue weighted by atomic mass is 16.2. The molecule has 23 heavy (non-hydrogen) atoms. The molecule has 0 spiro atoms. The number of hydrogen-bond donors (Lipinski definition) is 2. The van der Waals surface area contributed by atoms with Gasteiger partial charge in [-0.25, -0.2) is 0 Å². The number of amides is 2. The maximum Gasteiger partial charge on any atom is 0.309 e. The third-order valence-corrected chi connectivity index (χ3v) is 4.65. The quantitative estimate of drug-likeness (QED) is 0.793. The summed E-state index contributed by atoms with van der Waals surface area (Å²) in [6.07, 6.45) is 8.44. The van der Waals surface area contributed by atoms with Crippen molar-refractivity contribution in [3.63, 3.8) is 0 Å². The first-order valence-electron chi connectivity index (χ1n) is 8.83. The average molecular weight is 316 g/mol. The second-order valence-electron chi connectivity index (χ2n) is 6.40. The zero-order valence-electron chi connectivity index (χ0n) is 14.1. The van der Waals surface area contributed by atoms with Gasteiger partial charge in [0.25, 0.3) is 0 Å². The van der Waals surface area contributed by atoms with Gasteiger partial charge in [0.1, 0.15) is 0 Å². The van der Waals surface area contributed by atoms with E-state index in [0.29, 0.717) is 19.0 Å². The van der Waals surface area contributed by atoms with Gasteiger partial charge in [-0.1, -0.05) is 63.3 Å². The van der Waals surface area contributed by atoms with Gasteiger partial charge in [0.15, 0.2) is 0 Å². The van der Waals surface area contributed by atoms with E-state index in [1.54, 1.807) is 0 Å². The van der Waals surface area contributed by atoms with Crippen LogP contribution < -0.4 is 10.6 Å². The number of hydrogen-bond acceptors (Lipinski definition) is 2. The van der Waals surface area contributed by atoms with Gasteiger partial charge >= 0.3 is 11.8 Å². The predicted molar refractivity (Wildman–Crippen MR) is 91.9 cm³/mol. The minimum Gasteiger partial charge on any atom is -0.348 e. The van der Waals surface area contributed by atoms with Gasteiger partial charge in [-0.3, -0.25) is 9.59 Å². The molecule has 4 nitrogen and oxygen atoms in total. The smallest absolute Gasteiger partial charge is 0.309 e. The molecule has 0 saturated heterocycles. The molecule has 0 heterocycles. The van der Waals surface area contributed by atoms with E-state index in [0.717, 1.165) is 18.4 Å². The van der Waals surface area contributed by atoms with Crippen molar-refractivity contribution >= 4 is 11.8 Å². The van der Waals surface area contributed by atoms with E-state index in [9.17, 15) is 9.59 Å². The number of carbonyl (C=O) groups excluding carboxylic acids is 2. The van der Waals surface area contributed by atoms with Gasteiger partial charge in [0, 0.05) is 13.1 Å². The van der Waals surface area contributed by atoms with Crippen LogP contribution in [0.4, 0.5) is 0 Å². The lowest BCUT2D eigenvalue weighted by Crippen LogP contribution is -2.40. The molecule has 0 unspecified atom stereocenters. The zero-order valence-corrected chi connectivity index (χ0v) is 14.1. The molecule has 2 N–H and O–H groups in total. The van der Waals surface area contributed by atoms with Gasteiger partial charge in [-0.15, -0.1) is 0 Å². The first-order valence-corrected chi connectivity index (χ1v) is 8.83. The Labute approximate surface area is 139 Å². The van der Waals surface area contributed by atoms with E-state index in [-0.39, 0.29) is 0 Å². The maximum absolute atomic E-state index is 11.8. The first-order chi connectivity index (χ1) is 11.2. The van der Waals surface area contributed by atoms with Gasteiger partial charge < -0.3 is 10.6 Å². The van der Waals surface area contributed by atoms with Gasteiger partial charge in [-0.05, 0) is 29.9 Å². The summed E-state index contributed by atoms with van der Waals surface area (Å²) in [6.45, 7) is 3.09. The fourth-order valence-corrected chi connectivity index (χ4v) is 3.10. The Morgan fingerprint density at radius 3 is 2.22 bits per heavy atom. The summed E-state index contributed by atoms with van der Waals surface area (Å²) in [5, 5.41) is 5.41. The minimum absolute atomic E-state index is 0.388. The van der Waals surface area contributed by atoms with E-state index in [1.165, 1.54) is 37.7 Å². The number of rotatable bonds is 6. The summed E-state index contributed by atoms with van der Waals surface area (Å²) >= 11 is 0. The van der Waals surface area contributed by atoms with E-state index in [4.69, 9.17) is 0 Å². The molecule has 126 valence electrons. The summed E-state index contributed by atoms with van der Waals surface area (Å²) < 4.78 is 0. The van der Waals surface area contributed by atoms with Crippen LogP contribution in [0.15, 0.2) is 24.3 Å². The second kappa shape index (κ2) is 9.33.